The lowest BCUT2D eigenvalue weighted by atomic mass is 10.2. The van der Waals surface area contributed by atoms with Crippen LogP contribution in [0.5, 0.6) is 0 Å². The van der Waals surface area contributed by atoms with Gasteiger partial charge in [0.05, 0.1) is 0 Å². The Balaban J connectivity index is 2.82. The highest BCUT2D eigenvalue weighted by molar-refractivity contribution is 5.66. The van der Waals surface area contributed by atoms with Crippen LogP contribution >= 0.6 is 0 Å². The monoisotopic (exact) mass is 183 g/mol. The molecule has 0 aliphatic heterocycles. The number of esters is 1. The summed E-state index contributed by atoms with van der Waals surface area (Å²) in [4.78, 5) is 14.3. The molecule has 4 heteroatoms. The first-order chi connectivity index (χ1) is 6.11. The summed E-state index contributed by atoms with van der Waals surface area (Å²) in [6.07, 6.45) is 0.817. The minimum absolute atomic E-state index is 0.151. The Morgan fingerprint density at radius 2 is 2.38 bits per heavy atom. The van der Waals surface area contributed by atoms with Gasteiger partial charge in [0.1, 0.15) is 17.6 Å². The van der Waals surface area contributed by atoms with E-state index in [4.69, 9.17) is 4.74 Å². The standard InChI is InChI=1S/C9H10FNO2/c1-6(13-7(2)12)9-8(10)4-3-5-11-9/h3-6H,1-2H3/t6-/m0/s1. The molecule has 0 amide bonds. The van der Waals surface area contributed by atoms with Crippen molar-refractivity contribution in [1.82, 2.24) is 4.98 Å². The highest BCUT2D eigenvalue weighted by Crippen LogP contribution is 2.16. The number of hydrogen-bond donors (Lipinski definition) is 0. The average Bonchev–Trinajstić information content (AvgIpc) is 2.03. The second kappa shape index (κ2) is 3.98. The normalized spacial score (nSPS) is 12.2. The van der Waals surface area contributed by atoms with Gasteiger partial charge in [-0.2, -0.15) is 0 Å². The van der Waals surface area contributed by atoms with Crippen LogP contribution in [0, 0.1) is 5.82 Å². The second-order valence-corrected chi connectivity index (χ2v) is 2.62. The van der Waals surface area contributed by atoms with E-state index in [-0.39, 0.29) is 5.69 Å². The smallest absolute Gasteiger partial charge is 0.303 e. The number of rotatable bonds is 2. The first-order valence-corrected chi connectivity index (χ1v) is 3.89. The largest absolute Gasteiger partial charge is 0.456 e. The van der Waals surface area contributed by atoms with E-state index in [1.807, 2.05) is 0 Å². The molecule has 0 bridgehead atoms. The summed E-state index contributed by atoms with van der Waals surface area (Å²) < 4.78 is 17.8. The summed E-state index contributed by atoms with van der Waals surface area (Å²) in [5, 5.41) is 0. The minimum atomic E-state index is -0.640. The van der Waals surface area contributed by atoms with Gasteiger partial charge in [0.2, 0.25) is 0 Å². The lowest BCUT2D eigenvalue weighted by Gasteiger charge is -2.10. The van der Waals surface area contributed by atoms with Crippen LogP contribution in [0.4, 0.5) is 4.39 Å². The SMILES string of the molecule is CC(=O)O[C@@H](C)c1ncccc1F. The average molecular weight is 183 g/mol. The molecule has 0 fully saturated rings. The highest BCUT2D eigenvalue weighted by atomic mass is 19.1. The van der Waals surface area contributed by atoms with Crippen LogP contribution in [-0.4, -0.2) is 11.0 Å². The summed E-state index contributed by atoms with van der Waals surface area (Å²) in [7, 11) is 0. The molecule has 0 aromatic carbocycles. The zero-order chi connectivity index (χ0) is 9.84. The minimum Gasteiger partial charge on any atom is -0.456 e. The molecule has 0 N–H and O–H groups in total. The third-order valence-corrected chi connectivity index (χ3v) is 1.51. The van der Waals surface area contributed by atoms with Gasteiger partial charge >= 0.3 is 5.97 Å². The Bertz CT molecular complexity index is 314. The molecule has 0 spiro atoms. The van der Waals surface area contributed by atoms with Gasteiger partial charge in [0.15, 0.2) is 0 Å². The maximum absolute atomic E-state index is 13.0. The molecule has 0 saturated heterocycles. The fourth-order valence-electron chi connectivity index (χ4n) is 1.00. The molecule has 0 aliphatic rings. The summed E-state index contributed by atoms with van der Waals surface area (Å²) in [5.41, 5.74) is 0.151. The molecule has 0 radical (unpaired) electrons. The van der Waals surface area contributed by atoms with Gasteiger partial charge in [-0.15, -0.1) is 0 Å². The Kier molecular flexibility index (Phi) is 2.95. The Labute approximate surface area is 75.6 Å². The second-order valence-electron chi connectivity index (χ2n) is 2.62. The number of pyridine rings is 1. The van der Waals surface area contributed by atoms with Crippen LogP contribution in [0.2, 0.25) is 0 Å². The summed E-state index contributed by atoms with van der Waals surface area (Å²) in [6, 6.07) is 2.77. The third-order valence-electron chi connectivity index (χ3n) is 1.51. The molecular weight excluding hydrogens is 173 g/mol. The number of ether oxygens (including phenoxy) is 1. The van der Waals surface area contributed by atoms with Crippen molar-refractivity contribution >= 4 is 5.97 Å². The first kappa shape index (κ1) is 9.64. The Morgan fingerprint density at radius 1 is 1.69 bits per heavy atom. The molecule has 1 rings (SSSR count). The maximum atomic E-state index is 13.0. The number of hydrogen-bond acceptors (Lipinski definition) is 3. The van der Waals surface area contributed by atoms with Crippen LogP contribution in [-0.2, 0) is 9.53 Å². The fraction of sp³-hybridized carbons (Fsp3) is 0.333. The fourth-order valence-corrected chi connectivity index (χ4v) is 1.00. The third kappa shape index (κ3) is 2.50. The van der Waals surface area contributed by atoms with E-state index in [2.05, 4.69) is 4.98 Å². The lowest BCUT2D eigenvalue weighted by molar-refractivity contribution is -0.146. The van der Waals surface area contributed by atoms with Crippen LogP contribution in [0.15, 0.2) is 18.3 Å². The van der Waals surface area contributed by atoms with E-state index in [1.165, 1.54) is 25.3 Å². The summed E-state index contributed by atoms with van der Waals surface area (Å²) in [5.74, 6) is -0.909. The van der Waals surface area contributed by atoms with Gasteiger partial charge < -0.3 is 4.74 Å². The van der Waals surface area contributed by atoms with Crippen molar-refractivity contribution in [2.24, 2.45) is 0 Å². The first-order valence-electron chi connectivity index (χ1n) is 3.89. The topological polar surface area (TPSA) is 39.2 Å². The van der Waals surface area contributed by atoms with Gasteiger partial charge in [-0.3, -0.25) is 9.78 Å². The Morgan fingerprint density at radius 3 is 2.92 bits per heavy atom. The van der Waals surface area contributed by atoms with Crippen molar-refractivity contribution in [3.8, 4) is 0 Å². The Hall–Kier alpha value is -1.45. The number of halogens is 1. The molecule has 0 unspecified atom stereocenters. The zero-order valence-corrected chi connectivity index (χ0v) is 7.45. The molecule has 13 heavy (non-hydrogen) atoms. The van der Waals surface area contributed by atoms with E-state index in [0.717, 1.165) is 0 Å². The summed E-state index contributed by atoms with van der Waals surface area (Å²) >= 11 is 0. The molecule has 1 aromatic heterocycles. The lowest BCUT2D eigenvalue weighted by Crippen LogP contribution is -2.08. The molecule has 1 aromatic rings. The molecule has 0 aliphatic carbocycles. The van der Waals surface area contributed by atoms with Crippen LogP contribution < -0.4 is 0 Å². The molecule has 1 heterocycles. The molecule has 70 valence electrons. The van der Waals surface area contributed by atoms with E-state index < -0.39 is 17.9 Å². The van der Waals surface area contributed by atoms with Crippen LogP contribution in [0.1, 0.15) is 25.6 Å². The van der Waals surface area contributed by atoms with Crippen LogP contribution in [0.3, 0.4) is 0 Å². The van der Waals surface area contributed by atoms with Crippen molar-refractivity contribution in [2.75, 3.05) is 0 Å². The van der Waals surface area contributed by atoms with Crippen molar-refractivity contribution in [1.29, 1.82) is 0 Å². The molecule has 0 saturated carbocycles. The van der Waals surface area contributed by atoms with Gasteiger partial charge in [-0.05, 0) is 19.1 Å². The molecule has 1 atom stereocenters. The van der Waals surface area contributed by atoms with Crippen molar-refractivity contribution in [3.63, 3.8) is 0 Å². The quantitative estimate of drug-likeness (QED) is 0.657. The maximum Gasteiger partial charge on any atom is 0.303 e. The van der Waals surface area contributed by atoms with Gasteiger partial charge in [-0.25, -0.2) is 4.39 Å². The van der Waals surface area contributed by atoms with Gasteiger partial charge in [0, 0.05) is 13.1 Å². The number of aromatic nitrogens is 1. The highest BCUT2D eigenvalue weighted by Gasteiger charge is 2.13. The van der Waals surface area contributed by atoms with Crippen LogP contribution in [0.25, 0.3) is 0 Å². The number of carbonyl (C=O) groups is 1. The van der Waals surface area contributed by atoms with E-state index in [9.17, 15) is 9.18 Å². The predicted molar refractivity (Wildman–Crippen MR) is 44.4 cm³/mol. The van der Waals surface area contributed by atoms with E-state index >= 15 is 0 Å². The zero-order valence-electron chi connectivity index (χ0n) is 7.45. The molecule has 3 nitrogen and oxygen atoms in total. The van der Waals surface area contributed by atoms with E-state index in [0.29, 0.717) is 0 Å². The van der Waals surface area contributed by atoms with Gasteiger partial charge in [-0.1, -0.05) is 0 Å². The van der Waals surface area contributed by atoms with Crippen molar-refractivity contribution < 1.29 is 13.9 Å². The molecular formula is C9H10FNO2. The number of carbonyl (C=O) groups excluding carboxylic acids is 1. The van der Waals surface area contributed by atoms with Crippen molar-refractivity contribution in [2.45, 2.75) is 20.0 Å². The number of nitrogens with zero attached hydrogens (tertiary/aromatic N) is 1. The predicted octanol–water partition coefficient (Wildman–Crippen LogP) is 1.84. The summed E-state index contributed by atoms with van der Waals surface area (Å²) in [6.45, 7) is 2.85. The van der Waals surface area contributed by atoms with Gasteiger partial charge in [0.25, 0.3) is 0 Å². The van der Waals surface area contributed by atoms with Crippen molar-refractivity contribution in [3.05, 3.63) is 29.8 Å². The van der Waals surface area contributed by atoms with E-state index in [1.54, 1.807) is 6.92 Å².